The van der Waals surface area contributed by atoms with Crippen molar-refractivity contribution in [2.24, 2.45) is 0 Å². The van der Waals surface area contributed by atoms with Gasteiger partial charge in [0.25, 0.3) is 0 Å². The van der Waals surface area contributed by atoms with Gasteiger partial charge < -0.3 is 4.74 Å². The van der Waals surface area contributed by atoms with E-state index in [1.165, 1.54) is 49.6 Å². The van der Waals surface area contributed by atoms with E-state index in [0.29, 0.717) is 26.9 Å². The van der Waals surface area contributed by atoms with Crippen LogP contribution >= 0.6 is 34.8 Å². The molecule has 0 saturated heterocycles. The molecule has 3 rings (SSSR count). The second-order valence-corrected chi connectivity index (χ2v) is 9.80. The maximum Gasteiger partial charge on any atom is 0.204 e. The maximum atomic E-state index is 13.4. The lowest BCUT2D eigenvalue weighted by atomic mass is 10.1. The molecule has 0 heterocycles. The molecule has 0 aromatic heterocycles. The Labute approximate surface area is 195 Å². The Morgan fingerprint density at radius 2 is 1.61 bits per heavy atom. The summed E-state index contributed by atoms with van der Waals surface area (Å²) in [7, 11) is -2.59. The number of benzene rings is 3. The second kappa shape index (κ2) is 9.88. The fourth-order valence-electron chi connectivity index (χ4n) is 2.89. The molecule has 0 bridgehead atoms. The average Bonchev–Trinajstić information content (AvgIpc) is 2.74. The van der Waals surface area contributed by atoms with Gasteiger partial charge >= 0.3 is 0 Å². The van der Waals surface area contributed by atoms with Crippen LogP contribution in [0.25, 0.3) is 6.08 Å². The third kappa shape index (κ3) is 5.69. The summed E-state index contributed by atoms with van der Waals surface area (Å²) in [5, 5.41) is 0.976. The minimum atomic E-state index is -4.06. The van der Waals surface area contributed by atoms with Gasteiger partial charge in [0.1, 0.15) is 10.7 Å². The number of methoxy groups -OCH3 is 1. The highest BCUT2D eigenvalue weighted by atomic mass is 35.5. The Morgan fingerprint density at radius 3 is 2.26 bits per heavy atom. The molecule has 0 spiro atoms. The molecule has 0 unspecified atom stereocenters. The van der Waals surface area contributed by atoms with Crippen LogP contribution in [0.1, 0.15) is 21.5 Å². The van der Waals surface area contributed by atoms with Gasteiger partial charge in [-0.15, -0.1) is 0 Å². The van der Waals surface area contributed by atoms with Gasteiger partial charge in [0, 0.05) is 16.1 Å². The highest BCUT2D eigenvalue weighted by Gasteiger charge is 2.27. The van der Waals surface area contributed by atoms with E-state index in [2.05, 4.69) is 0 Å². The molecule has 0 aliphatic rings. The molecule has 160 valence electrons. The van der Waals surface area contributed by atoms with E-state index in [-0.39, 0.29) is 15.5 Å². The van der Waals surface area contributed by atoms with Crippen LogP contribution in [-0.4, -0.2) is 21.3 Å². The first kappa shape index (κ1) is 23.4. The predicted molar refractivity (Wildman–Crippen MR) is 126 cm³/mol. The lowest BCUT2D eigenvalue weighted by Gasteiger charge is -2.11. The maximum absolute atomic E-state index is 13.4. The average molecular weight is 496 g/mol. The van der Waals surface area contributed by atoms with Gasteiger partial charge in [0.05, 0.1) is 22.9 Å². The van der Waals surface area contributed by atoms with Crippen molar-refractivity contribution >= 4 is 56.5 Å². The quantitative estimate of drug-likeness (QED) is 0.277. The van der Waals surface area contributed by atoms with Gasteiger partial charge in [-0.2, -0.15) is 0 Å². The molecule has 0 fully saturated rings. The van der Waals surface area contributed by atoms with Gasteiger partial charge in [0.2, 0.25) is 5.78 Å². The first-order valence-electron chi connectivity index (χ1n) is 9.03. The summed E-state index contributed by atoms with van der Waals surface area (Å²) >= 11 is 17.9. The molecule has 0 aliphatic heterocycles. The van der Waals surface area contributed by atoms with Gasteiger partial charge in [0.15, 0.2) is 9.84 Å². The van der Waals surface area contributed by atoms with Crippen molar-refractivity contribution < 1.29 is 17.9 Å². The number of hydrogen-bond donors (Lipinski definition) is 0. The summed E-state index contributed by atoms with van der Waals surface area (Å²) in [4.78, 5) is 12.9. The Hall–Kier alpha value is -2.31. The fourth-order valence-corrected chi connectivity index (χ4v) is 4.82. The number of ketones is 1. The van der Waals surface area contributed by atoms with E-state index in [4.69, 9.17) is 39.5 Å². The number of carbonyl (C=O) groups excluding carboxylic acids is 1. The van der Waals surface area contributed by atoms with Gasteiger partial charge in [-0.1, -0.05) is 59.1 Å². The van der Waals surface area contributed by atoms with E-state index in [9.17, 15) is 13.2 Å². The van der Waals surface area contributed by atoms with Crippen LogP contribution in [0, 0.1) is 0 Å². The van der Waals surface area contributed by atoms with Crippen LogP contribution in [0.2, 0.25) is 15.1 Å². The number of Topliss-reactive ketones (excluding diaryl/α,β-unsaturated/α-hetero) is 1. The SMILES string of the molecule is COc1ccccc1/C=C(/C(=O)c1ccc(Cl)cc1)S(=O)(=O)Cc1ccc(Cl)c(Cl)c1. The van der Waals surface area contributed by atoms with Crippen LogP contribution in [-0.2, 0) is 15.6 Å². The number of ether oxygens (including phenoxy) is 1. The topological polar surface area (TPSA) is 60.4 Å². The standard InChI is InChI=1S/C23H17Cl3O4S/c1-30-21-5-3-2-4-17(21)13-22(23(27)16-7-9-18(24)10-8-16)31(28,29)14-15-6-11-19(25)20(26)12-15/h2-13H,14H2,1H3/b22-13-. The normalized spacial score (nSPS) is 11.9. The number of hydrogen-bond acceptors (Lipinski definition) is 4. The van der Waals surface area contributed by atoms with E-state index in [1.54, 1.807) is 30.3 Å². The van der Waals surface area contributed by atoms with Gasteiger partial charge in [-0.3, -0.25) is 4.79 Å². The molecular weight excluding hydrogens is 479 g/mol. The minimum absolute atomic E-state index is 0.197. The van der Waals surface area contributed by atoms with Crippen molar-refractivity contribution in [2.75, 3.05) is 7.11 Å². The van der Waals surface area contributed by atoms with Crippen molar-refractivity contribution in [3.63, 3.8) is 0 Å². The Balaban J connectivity index is 2.12. The van der Waals surface area contributed by atoms with Crippen LogP contribution in [0.15, 0.2) is 71.6 Å². The minimum Gasteiger partial charge on any atom is -0.496 e. The third-order valence-corrected chi connectivity index (χ3v) is 7.11. The largest absolute Gasteiger partial charge is 0.496 e. The lowest BCUT2D eigenvalue weighted by Crippen LogP contribution is -2.16. The molecule has 4 nitrogen and oxygen atoms in total. The van der Waals surface area contributed by atoms with E-state index in [0.717, 1.165) is 0 Å². The Bertz CT molecular complexity index is 1250. The smallest absolute Gasteiger partial charge is 0.204 e. The van der Waals surface area contributed by atoms with Gasteiger partial charge in [-0.25, -0.2) is 8.42 Å². The number of allylic oxidation sites excluding steroid dienone is 1. The second-order valence-electron chi connectivity index (χ2n) is 6.59. The van der Waals surface area contributed by atoms with Crippen molar-refractivity contribution in [3.05, 3.63) is 103 Å². The van der Waals surface area contributed by atoms with E-state index < -0.39 is 21.4 Å². The number of para-hydroxylation sites is 1. The molecule has 0 N–H and O–H groups in total. The molecule has 0 amide bonds. The zero-order valence-electron chi connectivity index (χ0n) is 16.3. The zero-order chi connectivity index (χ0) is 22.6. The first-order valence-corrected chi connectivity index (χ1v) is 11.8. The third-order valence-electron chi connectivity index (χ3n) is 4.43. The summed E-state index contributed by atoms with van der Waals surface area (Å²) in [6.07, 6.45) is 1.32. The summed E-state index contributed by atoms with van der Waals surface area (Å²) in [5.41, 5.74) is 1.06. The predicted octanol–water partition coefficient (Wildman–Crippen LogP) is 6.49. The van der Waals surface area contributed by atoms with E-state index in [1.807, 2.05) is 0 Å². The van der Waals surface area contributed by atoms with Gasteiger partial charge in [-0.05, 0) is 54.1 Å². The zero-order valence-corrected chi connectivity index (χ0v) is 19.4. The Morgan fingerprint density at radius 1 is 0.935 bits per heavy atom. The van der Waals surface area contributed by atoms with Crippen molar-refractivity contribution in [1.82, 2.24) is 0 Å². The lowest BCUT2D eigenvalue weighted by molar-refractivity contribution is 0.104. The number of sulfone groups is 1. The molecule has 8 heteroatoms. The summed E-state index contributed by atoms with van der Waals surface area (Å²) in [5.74, 6) is -0.638. The summed E-state index contributed by atoms with van der Waals surface area (Å²) < 4.78 is 32.0. The molecule has 3 aromatic rings. The van der Waals surface area contributed by atoms with Crippen molar-refractivity contribution in [2.45, 2.75) is 5.75 Å². The summed E-state index contributed by atoms with van der Waals surface area (Å²) in [6, 6.07) is 17.4. The van der Waals surface area contributed by atoms with Crippen LogP contribution in [0.3, 0.4) is 0 Å². The fraction of sp³-hybridized carbons (Fsp3) is 0.0870. The molecule has 0 saturated carbocycles. The highest BCUT2D eigenvalue weighted by molar-refractivity contribution is 7.95. The van der Waals surface area contributed by atoms with Crippen LogP contribution in [0.5, 0.6) is 5.75 Å². The molecule has 0 radical (unpaired) electrons. The number of halogens is 3. The molecule has 0 aliphatic carbocycles. The molecule has 0 atom stereocenters. The molecular formula is C23H17Cl3O4S. The monoisotopic (exact) mass is 494 g/mol. The van der Waals surface area contributed by atoms with Crippen molar-refractivity contribution in [3.8, 4) is 5.75 Å². The molecule has 3 aromatic carbocycles. The number of rotatable bonds is 7. The van der Waals surface area contributed by atoms with E-state index >= 15 is 0 Å². The van der Waals surface area contributed by atoms with Crippen LogP contribution in [0.4, 0.5) is 0 Å². The molecule has 31 heavy (non-hydrogen) atoms. The van der Waals surface area contributed by atoms with Crippen LogP contribution < -0.4 is 4.74 Å². The summed E-state index contributed by atoms with van der Waals surface area (Å²) in [6.45, 7) is 0. The van der Waals surface area contributed by atoms with Crippen molar-refractivity contribution in [1.29, 1.82) is 0 Å². The number of carbonyl (C=O) groups is 1. The first-order chi connectivity index (χ1) is 14.7. The Kier molecular flexibility index (Phi) is 7.44. The highest BCUT2D eigenvalue weighted by Crippen LogP contribution is 2.29.